The smallest absolute Gasteiger partial charge is 0.260 e. The number of piperazine rings is 1. The molecule has 2 aromatic rings. The normalized spacial score (nSPS) is 14.3. The minimum atomic E-state index is 0.00575. The number of nitrogens with zero attached hydrogens (tertiary/aromatic N) is 2. The monoisotopic (exact) mass is 341 g/mol. The molecular weight excluding hydrogens is 318 g/mol. The molecule has 1 aliphatic heterocycles. The van der Waals surface area contributed by atoms with Crippen LogP contribution < -0.4 is 20.1 Å². The summed E-state index contributed by atoms with van der Waals surface area (Å²) in [6, 6.07) is 15.0. The van der Waals surface area contributed by atoms with E-state index in [1.807, 2.05) is 29.2 Å². The zero-order valence-corrected chi connectivity index (χ0v) is 14.4. The standard InChI is InChI=1S/C19H23N3O3/c1-24-17-8-4-16(5-9-17)21-10-12-22(13-11-21)19(23)14-25-18-6-2-15(20)3-7-18/h2-9H,10-14,20H2,1H3. The Morgan fingerprint density at radius 3 is 2.16 bits per heavy atom. The summed E-state index contributed by atoms with van der Waals surface area (Å²) in [5.74, 6) is 1.50. The van der Waals surface area contributed by atoms with Crippen molar-refractivity contribution in [3.63, 3.8) is 0 Å². The Kier molecular flexibility index (Phi) is 5.28. The number of hydrogen-bond donors (Lipinski definition) is 1. The van der Waals surface area contributed by atoms with Crippen molar-refractivity contribution in [2.45, 2.75) is 0 Å². The first kappa shape index (κ1) is 17.0. The van der Waals surface area contributed by atoms with Gasteiger partial charge < -0.3 is 25.0 Å². The highest BCUT2D eigenvalue weighted by atomic mass is 16.5. The maximum absolute atomic E-state index is 12.3. The van der Waals surface area contributed by atoms with Crippen LogP contribution in [0.5, 0.6) is 11.5 Å². The maximum atomic E-state index is 12.3. The van der Waals surface area contributed by atoms with Crippen LogP contribution in [0.4, 0.5) is 11.4 Å². The summed E-state index contributed by atoms with van der Waals surface area (Å²) in [4.78, 5) is 16.4. The SMILES string of the molecule is COc1ccc(N2CCN(C(=O)COc3ccc(N)cc3)CC2)cc1. The fraction of sp³-hybridized carbons (Fsp3) is 0.316. The van der Waals surface area contributed by atoms with Crippen LogP contribution in [0.2, 0.25) is 0 Å². The van der Waals surface area contributed by atoms with E-state index in [9.17, 15) is 4.79 Å². The van der Waals surface area contributed by atoms with Gasteiger partial charge in [0, 0.05) is 37.6 Å². The molecule has 6 heteroatoms. The molecule has 0 aliphatic carbocycles. The molecule has 0 aromatic heterocycles. The summed E-state index contributed by atoms with van der Waals surface area (Å²) >= 11 is 0. The molecule has 1 aliphatic rings. The molecule has 3 rings (SSSR count). The number of rotatable bonds is 5. The number of amides is 1. The first-order chi connectivity index (χ1) is 12.2. The topological polar surface area (TPSA) is 68.0 Å². The number of methoxy groups -OCH3 is 1. The molecule has 1 heterocycles. The lowest BCUT2D eigenvalue weighted by atomic mass is 10.2. The van der Waals surface area contributed by atoms with Crippen LogP contribution in [0.25, 0.3) is 0 Å². The molecule has 1 fully saturated rings. The van der Waals surface area contributed by atoms with Crippen LogP contribution in [-0.4, -0.2) is 50.7 Å². The van der Waals surface area contributed by atoms with Crippen molar-refractivity contribution in [3.05, 3.63) is 48.5 Å². The molecule has 1 saturated heterocycles. The van der Waals surface area contributed by atoms with Crippen LogP contribution >= 0.6 is 0 Å². The Hall–Kier alpha value is -2.89. The van der Waals surface area contributed by atoms with Gasteiger partial charge in [0.15, 0.2) is 6.61 Å². The Labute approximate surface area is 147 Å². The van der Waals surface area contributed by atoms with Gasteiger partial charge in [0.25, 0.3) is 5.91 Å². The molecule has 0 bridgehead atoms. The Bertz CT molecular complexity index is 693. The second-order valence-corrected chi connectivity index (χ2v) is 5.92. The molecule has 6 nitrogen and oxygen atoms in total. The Morgan fingerprint density at radius 1 is 0.960 bits per heavy atom. The van der Waals surface area contributed by atoms with E-state index in [1.165, 1.54) is 0 Å². The number of nitrogens with two attached hydrogens (primary N) is 1. The molecule has 0 radical (unpaired) electrons. The summed E-state index contributed by atoms with van der Waals surface area (Å²) in [5.41, 5.74) is 7.45. The van der Waals surface area contributed by atoms with E-state index in [0.29, 0.717) is 24.5 Å². The summed E-state index contributed by atoms with van der Waals surface area (Å²) < 4.78 is 10.7. The van der Waals surface area contributed by atoms with Crippen LogP contribution in [-0.2, 0) is 4.79 Å². The minimum Gasteiger partial charge on any atom is -0.497 e. The summed E-state index contributed by atoms with van der Waals surface area (Å²) in [5, 5.41) is 0. The van der Waals surface area contributed by atoms with Gasteiger partial charge in [0.2, 0.25) is 0 Å². The molecule has 25 heavy (non-hydrogen) atoms. The molecule has 2 N–H and O–H groups in total. The number of hydrogen-bond acceptors (Lipinski definition) is 5. The van der Waals surface area contributed by atoms with Crippen molar-refractivity contribution in [2.24, 2.45) is 0 Å². The van der Waals surface area contributed by atoms with Gasteiger partial charge in [-0.3, -0.25) is 4.79 Å². The van der Waals surface area contributed by atoms with Crippen LogP contribution in [0.3, 0.4) is 0 Å². The number of carbonyl (C=O) groups is 1. The Balaban J connectivity index is 1.47. The van der Waals surface area contributed by atoms with Crippen molar-refractivity contribution >= 4 is 17.3 Å². The number of carbonyl (C=O) groups excluding carboxylic acids is 1. The molecule has 0 saturated carbocycles. The fourth-order valence-corrected chi connectivity index (χ4v) is 2.81. The van der Waals surface area contributed by atoms with Crippen molar-refractivity contribution in [1.82, 2.24) is 4.90 Å². The quantitative estimate of drug-likeness (QED) is 0.843. The second-order valence-electron chi connectivity index (χ2n) is 5.92. The third-order valence-electron chi connectivity index (χ3n) is 4.31. The largest absolute Gasteiger partial charge is 0.497 e. The Morgan fingerprint density at radius 2 is 1.56 bits per heavy atom. The highest BCUT2D eigenvalue weighted by molar-refractivity contribution is 5.78. The summed E-state index contributed by atoms with van der Waals surface area (Å²) in [7, 11) is 1.66. The average molecular weight is 341 g/mol. The molecule has 2 aromatic carbocycles. The molecule has 0 atom stereocenters. The third kappa shape index (κ3) is 4.35. The van der Waals surface area contributed by atoms with E-state index in [2.05, 4.69) is 4.90 Å². The number of ether oxygens (including phenoxy) is 2. The summed E-state index contributed by atoms with van der Waals surface area (Å²) in [6.07, 6.45) is 0. The van der Waals surface area contributed by atoms with E-state index in [1.54, 1.807) is 31.4 Å². The average Bonchev–Trinajstić information content (AvgIpc) is 2.67. The number of benzene rings is 2. The predicted octanol–water partition coefficient (Wildman–Crippen LogP) is 2.00. The van der Waals surface area contributed by atoms with Crippen LogP contribution in [0.15, 0.2) is 48.5 Å². The molecular formula is C19H23N3O3. The second kappa shape index (κ2) is 7.79. The fourth-order valence-electron chi connectivity index (χ4n) is 2.81. The van der Waals surface area contributed by atoms with Gasteiger partial charge in [-0.25, -0.2) is 0 Å². The van der Waals surface area contributed by atoms with E-state index in [-0.39, 0.29) is 12.5 Å². The highest BCUT2D eigenvalue weighted by Gasteiger charge is 2.21. The predicted molar refractivity (Wildman–Crippen MR) is 98.1 cm³/mol. The minimum absolute atomic E-state index is 0.00575. The maximum Gasteiger partial charge on any atom is 0.260 e. The third-order valence-corrected chi connectivity index (χ3v) is 4.31. The van der Waals surface area contributed by atoms with Crippen molar-refractivity contribution < 1.29 is 14.3 Å². The van der Waals surface area contributed by atoms with Crippen LogP contribution in [0.1, 0.15) is 0 Å². The van der Waals surface area contributed by atoms with Gasteiger partial charge in [-0.2, -0.15) is 0 Å². The zero-order chi connectivity index (χ0) is 17.6. The lowest BCUT2D eigenvalue weighted by molar-refractivity contribution is -0.133. The van der Waals surface area contributed by atoms with E-state index < -0.39 is 0 Å². The molecule has 0 unspecified atom stereocenters. The molecule has 132 valence electrons. The first-order valence-corrected chi connectivity index (χ1v) is 8.31. The zero-order valence-electron chi connectivity index (χ0n) is 14.4. The lowest BCUT2D eigenvalue weighted by Gasteiger charge is -2.36. The van der Waals surface area contributed by atoms with Crippen molar-refractivity contribution in [3.8, 4) is 11.5 Å². The van der Waals surface area contributed by atoms with Gasteiger partial charge in [-0.15, -0.1) is 0 Å². The van der Waals surface area contributed by atoms with Gasteiger partial charge in [-0.1, -0.05) is 0 Å². The molecule has 0 spiro atoms. The van der Waals surface area contributed by atoms with Gasteiger partial charge >= 0.3 is 0 Å². The van der Waals surface area contributed by atoms with Gasteiger partial charge in [-0.05, 0) is 48.5 Å². The van der Waals surface area contributed by atoms with Crippen molar-refractivity contribution in [2.75, 3.05) is 50.5 Å². The van der Waals surface area contributed by atoms with Crippen molar-refractivity contribution in [1.29, 1.82) is 0 Å². The number of anilines is 2. The number of nitrogen functional groups attached to an aromatic ring is 1. The highest BCUT2D eigenvalue weighted by Crippen LogP contribution is 2.20. The van der Waals surface area contributed by atoms with Gasteiger partial charge in [0.05, 0.1) is 7.11 Å². The van der Waals surface area contributed by atoms with E-state index in [0.717, 1.165) is 24.5 Å². The van der Waals surface area contributed by atoms with E-state index >= 15 is 0 Å². The summed E-state index contributed by atoms with van der Waals surface area (Å²) in [6.45, 7) is 3.04. The first-order valence-electron chi connectivity index (χ1n) is 8.31. The molecule has 1 amide bonds. The van der Waals surface area contributed by atoms with Gasteiger partial charge in [0.1, 0.15) is 11.5 Å². The van der Waals surface area contributed by atoms with E-state index in [4.69, 9.17) is 15.2 Å². The lowest BCUT2D eigenvalue weighted by Crippen LogP contribution is -2.50. The van der Waals surface area contributed by atoms with Crippen LogP contribution in [0, 0.1) is 0 Å².